The number of nitrogens with zero attached hydrogens (tertiary/aromatic N) is 3. The summed E-state index contributed by atoms with van der Waals surface area (Å²) in [4.78, 5) is 12.1. The Kier molecular flexibility index (Phi) is 3.57. The second kappa shape index (κ2) is 4.41. The van der Waals surface area contributed by atoms with Crippen molar-refractivity contribution in [3.05, 3.63) is 16.8 Å². The summed E-state index contributed by atoms with van der Waals surface area (Å²) in [5, 5.41) is 13.7. The SMILES string of the molecule is CC[C@H]([C@@H](C)O)n1ncn(C(C)(C)C)c1=O. The van der Waals surface area contributed by atoms with Gasteiger partial charge in [0, 0.05) is 5.54 Å². The van der Waals surface area contributed by atoms with Crippen LogP contribution in [-0.2, 0) is 5.54 Å². The molecule has 0 unspecified atom stereocenters. The summed E-state index contributed by atoms with van der Waals surface area (Å²) in [6.45, 7) is 9.45. The van der Waals surface area contributed by atoms with Crippen LogP contribution in [0.1, 0.15) is 47.1 Å². The van der Waals surface area contributed by atoms with Crippen LogP contribution in [0.5, 0.6) is 0 Å². The van der Waals surface area contributed by atoms with Crippen LogP contribution in [0.25, 0.3) is 0 Å². The van der Waals surface area contributed by atoms with Crippen molar-refractivity contribution in [2.75, 3.05) is 0 Å². The third kappa shape index (κ3) is 2.35. The minimum absolute atomic E-state index is 0.166. The van der Waals surface area contributed by atoms with Gasteiger partial charge in [-0.15, -0.1) is 0 Å². The molecule has 92 valence electrons. The van der Waals surface area contributed by atoms with Gasteiger partial charge in [-0.05, 0) is 34.1 Å². The fourth-order valence-electron chi connectivity index (χ4n) is 1.72. The zero-order valence-electron chi connectivity index (χ0n) is 10.6. The van der Waals surface area contributed by atoms with Gasteiger partial charge < -0.3 is 5.11 Å². The molecule has 0 amide bonds. The van der Waals surface area contributed by atoms with Gasteiger partial charge in [0.2, 0.25) is 0 Å². The predicted molar refractivity (Wildman–Crippen MR) is 62.5 cm³/mol. The van der Waals surface area contributed by atoms with Crippen LogP contribution in [0.15, 0.2) is 11.1 Å². The van der Waals surface area contributed by atoms with Crippen LogP contribution in [0.2, 0.25) is 0 Å². The first kappa shape index (κ1) is 13.0. The summed E-state index contributed by atoms with van der Waals surface area (Å²) in [6, 6.07) is -0.254. The first-order chi connectivity index (χ1) is 7.29. The Morgan fingerprint density at radius 2 is 2.06 bits per heavy atom. The molecule has 0 saturated heterocycles. The Morgan fingerprint density at radius 1 is 1.50 bits per heavy atom. The summed E-state index contributed by atoms with van der Waals surface area (Å²) in [5.41, 5.74) is -0.452. The molecule has 0 bridgehead atoms. The molecular weight excluding hydrogens is 206 g/mol. The van der Waals surface area contributed by atoms with Crippen LogP contribution in [0.4, 0.5) is 0 Å². The maximum atomic E-state index is 12.1. The van der Waals surface area contributed by atoms with E-state index >= 15 is 0 Å². The molecule has 16 heavy (non-hydrogen) atoms. The van der Waals surface area contributed by atoms with Crippen molar-refractivity contribution in [2.24, 2.45) is 0 Å². The van der Waals surface area contributed by atoms with Gasteiger partial charge in [0.05, 0.1) is 12.1 Å². The second-order valence-electron chi connectivity index (χ2n) is 5.12. The molecule has 1 N–H and O–H groups in total. The molecule has 0 aliphatic carbocycles. The molecule has 2 atom stereocenters. The number of aliphatic hydroxyl groups excluding tert-OH is 1. The molecule has 0 fully saturated rings. The Bertz CT molecular complexity index is 398. The van der Waals surface area contributed by atoms with E-state index in [-0.39, 0.29) is 17.3 Å². The Labute approximate surface area is 95.7 Å². The fourth-order valence-corrected chi connectivity index (χ4v) is 1.72. The van der Waals surface area contributed by atoms with Gasteiger partial charge in [0.25, 0.3) is 0 Å². The van der Waals surface area contributed by atoms with Crippen LogP contribution in [0, 0.1) is 0 Å². The van der Waals surface area contributed by atoms with E-state index < -0.39 is 6.10 Å². The van der Waals surface area contributed by atoms with Gasteiger partial charge in [-0.3, -0.25) is 4.57 Å². The third-order valence-electron chi connectivity index (χ3n) is 2.71. The maximum absolute atomic E-state index is 12.1. The average Bonchev–Trinajstić information content (AvgIpc) is 2.48. The van der Waals surface area contributed by atoms with E-state index in [4.69, 9.17) is 0 Å². The van der Waals surface area contributed by atoms with Gasteiger partial charge in [0.15, 0.2) is 0 Å². The Morgan fingerprint density at radius 3 is 2.38 bits per heavy atom. The molecule has 0 spiro atoms. The molecule has 0 aliphatic heterocycles. The molecule has 5 nitrogen and oxygen atoms in total. The molecule has 1 rings (SSSR count). The van der Waals surface area contributed by atoms with Crippen molar-refractivity contribution in [1.29, 1.82) is 0 Å². The second-order valence-corrected chi connectivity index (χ2v) is 5.12. The lowest BCUT2D eigenvalue weighted by Gasteiger charge is -2.20. The Hall–Kier alpha value is -1.10. The van der Waals surface area contributed by atoms with E-state index in [0.29, 0.717) is 6.42 Å². The molecule has 5 heteroatoms. The standard InChI is InChI=1S/C11H21N3O2/c1-6-9(8(2)15)14-10(16)13(7-12-14)11(3,4)5/h7-9,15H,6H2,1-5H3/t8-,9-/m1/s1. The van der Waals surface area contributed by atoms with E-state index in [1.165, 1.54) is 11.0 Å². The monoisotopic (exact) mass is 227 g/mol. The van der Waals surface area contributed by atoms with Crippen molar-refractivity contribution in [2.45, 2.75) is 58.7 Å². The summed E-state index contributed by atoms with van der Waals surface area (Å²) in [7, 11) is 0. The van der Waals surface area contributed by atoms with E-state index in [1.54, 1.807) is 11.5 Å². The highest BCUT2D eigenvalue weighted by atomic mass is 16.3. The molecule has 0 aliphatic rings. The molecule has 1 heterocycles. The molecule has 1 aromatic heterocycles. The van der Waals surface area contributed by atoms with E-state index in [9.17, 15) is 9.90 Å². The number of hydrogen-bond acceptors (Lipinski definition) is 3. The highest BCUT2D eigenvalue weighted by Crippen LogP contribution is 2.14. The smallest absolute Gasteiger partial charge is 0.346 e. The van der Waals surface area contributed by atoms with Crippen molar-refractivity contribution in [3.63, 3.8) is 0 Å². The van der Waals surface area contributed by atoms with Crippen LogP contribution in [-0.4, -0.2) is 25.6 Å². The van der Waals surface area contributed by atoms with Gasteiger partial charge in [-0.1, -0.05) is 6.92 Å². The largest absolute Gasteiger partial charge is 0.391 e. The van der Waals surface area contributed by atoms with E-state index in [2.05, 4.69) is 5.10 Å². The summed E-state index contributed by atoms with van der Waals surface area (Å²) in [5.74, 6) is 0. The zero-order chi connectivity index (χ0) is 12.5. The quantitative estimate of drug-likeness (QED) is 0.842. The third-order valence-corrected chi connectivity index (χ3v) is 2.71. The normalized spacial score (nSPS) is 16.1. The number of aromatic nitrogens is 3. The van der Waals surface area contributed by atoms with Gasteiger partial charge >= 0.3 is 5.69 Å². The number of aliphatic hydroxyl groups is 1. The minimum Gasteiger partial charge on any atom is -0.391 e. The van der Waals surface area contributed by atoms with Crippen molar-refractivity contribution >= 4 is 0 Å². The van der Waals surface area contributed by atoms with Crippen LogP contribution >= 0.6 is 0 Å². The highest BCUT2D eigenvalue weighted by Gasteiger charge is 2.23. The fraction of sp³-hybridized carbons (Fsp3) is 0.818. The molecular formula is C11H21N3O2. The lowest BCUT2D eigenvalue weighted by molar-refractivity contribution is 0.117. The maximum Gasteiger partial charge on any atom is 0.346 e. The average molecular weight is 227 g/mol. The van der Waals surface area contributed by atoms with Crippen molar-refractivity contribution < 1.29 is 5.11 Å². The van der Waals surface area contributed by atoms with Crippen LogP contribution in [0.3, 0.4) is 0 Å². The number of hydrogen-bond donors (Lipinski definition) is 1. The summed E-state index contributed by atoms with van der Waals surface area (Å²) in [6.07, 6.45) is 1.64. The van der Waals surface area contributed by atoms with Crippen molar-refractivity contribution in [3.8, 4) is 0 Å². The molecule has 0 saturated carbocycles. The van der Waals surface area contributed by atoms with Crippen molar-refractivity contribution in [1.82, 2.24) is 14.3 Å². The van der Waals surface area contributed by atoms with Gasteiger partial charge in [0.1, 0.15) is 6.33 Å². The minimum atomic E-state index is -0.578. The van der Waals surface area contributed by atoms with Gasteiger partial charge in [-0.2, -0.15) is 5.10 Å². The highest BCUT2D eigenvalue weighted by molar-refractivity contribution is 4.83. The first-order valence-corrected chi connectivity index (χ1v) is 5.63. The lowest BCUT2D eigenvalue weighted by atomic mass is 10.1. The molecule has 1 aromatic rings. The van der Waals surface area contributed by atoms with Crippen LogP contribution < -0.4 is 5.69 Å². The predicted octanol–water partition coefficient (Wildman–Crippen LogP) is 1.13. The first-order valence-electron chi connectivity index (χ1n) is 5.63. The molecule has 0 aromatic carbocycles. The lowest BCUT2D eigenvalue weighted by Crippen LogP contribution is -2.38. The summed E-state index contributed by atoms with van der Waals surface area (Å²) >= 11 is 0. The van der Waals surface area contributed by atoms with E-state index in [0.717, 1.165) is 0 Å². The topological polar surface area (TPSA) is 60.0 Å². The summed E-state index contributed by atoms with van der Waals surface area (Å²) < 4.78 is 2.95. The Balaban J connectivity index is 3.19. The molecule has 0 radical (unpaired) electrons. The number of rotatable bonds is 3. The van der Waals surface area contributed by atoms with E-state index in [1.807, 2.05) is 27.7 Å². The van der Waals surface area contributed by atoms with Gasteiger partial charge in [-0.25, -0.2) is 9.48 Å². The zero-order valence-corrected chi connectivity index (χ0v) is 10.6.